The van der Waals surface area contributed by atoms with E-state index in [1.165, 1.54) is 212 Å². The average Bonchev–Trinajstić information content (AvgIpc) is 2.91. The second-order valence-electron chi connectivity index (χ2n) is 12.5. The molecule has 0 nitrogen and oxygen atoms in total. The van der Waals surface area contributed by atoms with Crippen molar-refractivity contribution in [2.24, 2.45) is 0 Å². The second-order valence-corrected chi connectivity index (χ2v) is 12.5. The first-order valence-electron chi connectivity index (χ1n) is 18.2. The van der Waals surface area contributed by atoms with Crippen LogP contribution in [0.5, 0.6) is 0 Å². The summed E-state index contributed by atoms with van der Waals surface area (Å²) in [5.74, 6) is 1.84. The summed E-state index contributed by atoms with van der Waals surface area (Å²) >= 11 is 0. The molecule has 0 heterocycles. The molecule has 0 amide bonds. The Morgan fingerprint density at radius 1 is 0.243 bits per heavy atom. The van der Waals surface area contributed by atoms with Gasteiger partial charge in [-0.2, -0.15) is 0 Å². The van der Waals surface area contributed by atoms with Crippen molar-refractivity contribution in [3.05, 3.63) is 5.92 Å². The molecular formula is C37H75. The van der Waals surface area contributed by atoms with Crippen molar-refractivity contribution < 1.29 is 0 Å². The summed E-state index contributed by atoms with van der Waals surface area (Å²) in [4.78, 5) is 0. The molecule has 0 aromatic rings. The molecule has 0 bridgehead atoms. The van der Waals surface area contributed by atoms with Gasteiger partial charge in [0.1, 0.15) is 0 Å². The molecule has 223 valence electrons. The van der Waals surface area contributed by atoms with E-state index in [-0.39, 0.29) is 0 Å². The Bertz CT molecular complexity index is 372. The van der Waals surface area contributed by atoms with E-state index >= 15 is 0 Å². The first-order chi connectivity index (χ1) is 18.3. The number of hydrogen-bond acceptors (Lipinski definition) is 0. The van der Waals surface area contributed by atoms with Crippen LogP contribution in [0.4, 0.5) is 0 Å². The summed E-state index contributed by atoms with van der Waals surface area (Å²) in [7, 11) is 0. The fourth-order valence-electron chi connectivity index (χ4n) is 5.97. The Hall–Kier alpha value is 0. The number of unbranched alkanes of at least 4 members (excludes halogenated alkanes) is 28. The zero-order valence-corrected chi connectivity index (χ0v) is 26.8. The van der Waals surface area contributed by atoms with Crippen LogP contribution in [0, 0.1) is 5.92 Å². The van der Waals surface area contributed by atoms with Crippen LogP contribution >= 0.6 is 0 Å². The highest BCUT2D eigenvalue weighted by atomic mass is 14.1. The molecule has 0 aliphatic rings. The Kier molecular flexibility index (Phi) is 34.0. The van der Waals surface area contributed by atoms with Crippen LogP contribution in [-0.4, -0.2) is 0 Å². The zero-order valence-electron chi connectivity index (χ0n) is 26.8. The number of hydrogen-bond donors (Lipinski definition) is 0. The molecule has 0 atom stereocenters. The normalized spacial score (nSPS) is 11.7. The van der Waals surface area contributed by atoms with Gasteiger partial charge in [-0.3, -0.25) is 0 Å². The molecule has 0 spiro atoms. The lowest BCUT2D eigenvalue weighted by Crippen LogP contribution is -1.96. The van der Waals surface area contributed by atoms with Gasteiger partial charge in [0.15, 0.2) is 0 Å². The van der Waals surface area contributed by atoms with Gasteiger partial charge >= 0.3 is 0 Å². The van der Waals surface area contributed by atoms with E-state index < -0.39 is 0 Å². The van der Waals surface area contributed by atoms with E-state index in [9.17, 15) is 0 Å². The minimum absolute atomic E-state index is 1.32. The fourth-order valence-corrected chi connectivity index (χ4v) is 5.97. The van der Waals surface area contributed by atoms with Gasteiger partial charge in [-0.1, -0.05) is 213 Å². The Balaban J connectivity index is 3.10. The first-order valence-corrected chi connectivity index (χ1v) is 18.2. The van der Waals surface area contributed by atoms with Gasteiger partial charge in [-0.25, -0.2) is 0 Å². The molecule has 1 radical (unpaired) electrons. The van der Waals surface area contributed by atoms with Crippen LogP contribution in [-0.2, 0) is 0 Å². The zero-order chi connectivity index (χ0) is 26.9. The van der Waals surface area contributed by atoms with Crippen LogP contribution in [0.15, 0.2) is 0 Å². The fraction of sp³-hybridized carbons (Fsp3) is 0.973. The summed E-state index contributed by atoms with van der Waals surface area (Å²) in [6.07, 6.45) is 48.3. The molecule has 0 unspecified atom stereocenters. The molecule has 0 rings (SSSR count). The molecule has 0 heteroatoms. The van der Waals surface area contributed by atoms with Crippen molar-refractivity contribution >= 4 is 0 Å². The van der Waals surface area contributed by atoms with Gasteiger partial charge in [0.05, 0.1) is 0 Å². The molecule has 0 aliphatic carbocycles. The summed E-state index contributed by atoms with van der Waals surface area (Å²) in [6, 6.07) is 0. The van der Waals surface area contributed by atoms with Crippen LogP contribution < -0.4 is 0 Å². The van der Waals surface area contributed by atoms with Crippen LogP contribution in [0.1, 0.15) is 233 Å². The van der Waals surface area contributed by atoms with Crippen LogP contribution in [0.3, 0.4) is 0 Å². The molecule has 0 saturated heterocycles. The van der Waals surface area contributed by atoms with Gasteiger partial charge in [0.25, 0.3) is 0 Å². The number of rotatable bonds is 33. The van der Waals surface area contributed by atoms with Crippen molar-refractivity contribution in [2.75, 3.05) is 0 Å². The van der Waals surface area contributed by atoms with E-state index in [4.69, 9.17) is 0 Å². The summed E-state index contributed by atoms with van der Waals surface area (Å²) < 4.78 is 0. The summed E-state index contributed by atoms with van der Waals surface area (Å²) in [5, 5.41) is 0. The average molecular weight is 520 g/mol. The summed E-state index contributed by atoms with van der Waals surface area (Å²) in [5.41, 5.74) is 0. The SMILES string of the molecule is CCCCCCCCCCCCCCCCCCCCCCCCCCCCC[C](CC)CCCCC. The first kappa shape index (κ1) is 37.0. The maximum Gasteiger partial charge on any atom is -0.0244 e. The van der Waals surface area contributed by atoms with Crippen molar-refractivity contribution in [1.29, 1.82) is 0 Å². The summed E-state index contributed by atoms with van der Waals surface area (Å²) in [6.45, 7) is 6.99. The lowest BCUT2D eigenvalue weighted by molar-refractivity contribution is 0.512. The van der Waals surface area contributed by atoms with Crippen molar-refractivity contribution in [3.63, 3.8) is 0 Å². The molecule has 0 saturated carbocycles. The second kappa shape index (κ2) is 34.0. The predicted molar refractivity (Wildman–Crippen MR) is 173 cm³/mol. The van der Waals surface area contributed by atoms with Crippen molar-refractivity contribution in [2.45, 2.75) is 233 Å². The van der Waals surface area contributed by atoms with Crippen molar-refractivity contribution in [1.82, 2.24) is 0 Å². The minimum atomic E-state index is 1.32. The highest BCUT2D eigenvalue weighted by Gasteiger charge is 2.06. The molecule has 0 N–H and O–H groups in total. The molecule has 0 fully saturated rings. The highest BCUT2D eigenvalue weighted by Crippen LogP contribution is 2.23. The maximum absolute atomic E-state index is 2.36. The lowest BCUT2D eigenvalue weighted by atomic mass is 9.92. The molecule has 0 aliphatic heterocycles. The Morgan fingerprint density at radius 2 is 0.432 bits per heavy atom. The standard InChI is InChI=1S/C37H75/c1-4-7-9-10-11-12-13-14-15-16-17-18-19-20-21-22-23-24-25-26-27-28-29-30-31-32-34-36-37(6-3)35-33-8-5-2/h4-36H2,1-3H3. The molecular weight excluding hydrogens is 444 g/mol. The van der Waals surface area contributed by atoms with Crippen LogP contribution in [0.25, 0.3) is 0 Å². The smallest absolute Gasteiger partial charge is 0.0244 e. The van der Waals surface area contributed by atoms with E-state index in [0.29, 0.717) is 0 Å². The van der Waals surface area contributed by atoms with Gasteiger partial charge in [0, 0.05) is 0 Å². The van der Waals surface area contributed by atoms with Gasteiger partial charge < -0.3 is 0 Å². The molecule has 0 aromatic carbocycles. The molecule has 0 aromatic heterocycles. The molecule has 37 heavy (non-hydrogen) atoms. The van der Waals surface area contributed by atoms with E-state index in [1.807, 2.05) is 5.92 Å². The van der Waals surface area contributed by atoms with E-state index in [0.717, 1.165) is 0 Å². The van der Waals surface area contributed by atoms with Crippen molar-refractivity contribution in [3.8, 4) is 0 Å². The largest absolute Gasteiger partial charge is 0.0654 e. The van der Waals surface area contributed by atoms with E-state index in [2.05, 4.69) is 20.8 Å². The maximum atomic E-state index is 2.36. The third-order valence-electron chi connectivity index (χ3n) is 8.77. The minimum Gasteiger partial charge on any atom is -0.0654 e. The van der Waals surface area contributed by atoms with Gasteiger partial charge in [0.2, 0.25) is 0 Å². The third kappa shape index (κ3) is 32.1. The predicted octanol–water partition coefficient (Wildman–Crippen LogP) is 14.5. The quantitative estimate of drug-likeness (QED) is 0.0756. The van der Waals surface area contributed by atoms with Crippen LogP contribution in [0.2, 0.25) is 0 Å². The third-order valence-corrected chi connectivity index (χ3v) is 8.77. The Labute approximate surface area is 238 Å². The Morgan fingerprint density at radius 3 is 0.676 bits per heavy atom. The van der Waals surface area contributed by atoms with Gasteiger partial charge in [-0.15, -0.1) is 0 Å². The topological polar surface area (TPSA) is 0 Å². The monoisotopic (exact) mass is 520 g/mol. The van der Waals surface area contributed by atoms with Gasteiger partial charge in [-0.05, 0) is 25.2 Å². The highest BCUT2D eigenvalue weighted by molar-refractivity contribution is 4.87. The lowest BCUT2D eigenvalue weighted by Gasteiger charge is -2.13. The van der Waals surface area contributed by atoms with E-state index in [1.54, 1.807) is 0 Å².